The Morgan fingerprint density at radius 1 is 0.455 bits per heavy atom. The minimum atomic E-state index is -5.62. The van der Waals surface area contributed by atoms with E-state index in [0.29, 0.717) is 27.7 Å². The molecule has 0 spiro atoms. The largest absolute Gasteiger partial charge is 0.276 e. The van der Waals surface area contributed by atoms with E-state index in [9.17, 15) is 25.6 Å². The Labute approximate surface area is 194 Å². The SMILES string of the molecule is CC(C)(F)C(C)(C)C(F)(F)C(C)(C)S(=O)(=O)NS(=O)(=O)C(C)(C)C(F)(F)C(C)(C)C(C)(C)F. The molecular weight excluding hydrogens is 496 g/mol. The molecule has 0 bridgehead atoms. The lowest BCUT2D eigenvalue weighted by atomic mass is 9.69. The van der Waals surface area contributed by atoms with Crippen LogP contribution in [-0.2, 0) is 20.0 Å². The molecule has 0 aromatic heterocycles. The predicted octanol–water partition coefficient (Wildman–Crippen LogP) is 5.61. The molecule has 0 aromatic rings. The first-order valence-corrected chi connectivity index (χ1v) is 13.1. The zero-order valence-corrected chi connectivity index (χ0v) is 22.9. The molecule has 0 saturated heterocycles. The van der Waals surface area contributed by atoms with Crippen molar-refractivity contribution in [3.8, 4) is 0 Å². The maximum Gasteiger partial charge on any atom is 0.276 e. The number of sulfonamides is 2. The van der Waals surface area contributed by atoms with E-state index in [0.717, 1.165) is 59.5 Å². The van der Waals surface area contributed by atoms with Crippen molar-refractivity contribution in [3.63, 3.8) is 0 Å². The first-order valence-electron chi connectivity index (χ1n) is 10.1. The summed E-state index contributed by atoms with van der Waals surface area (Å²) in [7, 11) is -11.2. The van der Waals surface area contributed by atoms with Crippen molar-refractivity contribution in [1.82, 2.24) is 4.13 Å². The molecule has 0 aliphatic carbocycles. The Hall–Kier alpha value is -0.560. The summed E-state index contributed by atoms with van der Waals surface area (Å²) >= 11 is 0. The van der Waals surface area contributed by atoms with Gasteiger partial charge in [0.2, 0.25) is 20.0 Å². The standard InChI is InChI=1S/C20H37F6NO4S2/c1-13(2,15(5,6)21)19(23,24)17(9,10)32(28,29)27-33(30,31)18(11,12)20(25,26)14(3,4)16(7,8)22/h27H,1-12H3. The third-order valence-electron chi connectivity index (χ3n) is 7.62. The van der Waals surface area contributed by atoms with Crippen LogP contribution in [0.5, 0.6) is 0 Å². The Balaban J connectivity index is 6.73. The Bertz CT molecular complexity index is 877. The number of halogens is 6. The van der Waals surface area contributed by atoms with E-state index in [4.69, 9.17) is 0 Å². The van der Waals surface area contributed by atoms with Crippen LogP contribution < -0.4 is 4.13 Å². The van der Waals surface area contributed by atoms with E-state index in [-0.39, 0.29) is 0 Å². The quantitative estimate of drug-likeness (QED) is 0.370. The molecule has 0 unspecified atom stereocenters. The van der Waals surface area contributed by atoms with Crippen molar-refractivity contribution in [3.05, 3.63) is 0 Å². The van der Waals surface area contributed by atoms with Gasteiger partial charge in [-0.05, 0) is 55.4 Å². The smallest absolute Gasteiger partial charge is 0.244 e. The molecule has 200 valence electrons. The Kier molecular flexibility index (Phi) is 7.84. The summed E-state index contributed by atoms with van der Waals surface area (Å²) in [4.78, 5) is 0. The zero-order chi connectivity index (χ0) is 27.7. The van der Waals surface area contributed by atoms with Gasteiger partial charge in [-0.3, -0.25) is 0 Å². The molecule has 0 aliphatic heterocycles. The van der Waals surface area contributed by atoms with Crippen molar-refractivity contribution >= 4 is 20.0 Å². The van der Waals surface area contributed by atoms with Crippen LogP contribution in [0.1, 0.15) is 83.1 Å². The number of nitrogens with one attached hydrogen (secondary N) is 1. The lowest BCUT2D eigenvalue weighted by Crippen LogP contribution is -2.68. The summed E-state index contributed by atoms with van der Waals surface area (Å²) in [6.07, 6.45) is 0. The van der Waals surface area contributed by atoms with Crippen molar-refractivity contribution in [2.75, 3.05) is 0 Å². The van der Waals surface area contributed by atoms with Crippen LogP contribution in [0, 0.1) is 10.8 Å². The van der Waals surface area contributed by atoms with Crippen molar-refractivity contribution in [2.24, 2.45) is 10.8 Å². The molecule has 33 heavy (non-hydrogen) atoms. The molecule has 0 rings (SSSR count). The maximum absolute atomic E-state index is 15.4. The molecular formula is C20H37F6NO4S2. The van der Waals surface area contributed by atoms with Crippen LogP contribution in [-0.4, -0.2) is 49.5 Å². The topological polar surface area (TPSA) is 80.3 Å². The number of hydrogen-bond acceptors (Lipinski definition) is 4. The maximum atomic E-state index is 15.4. The van der Waals surface area contributed by atoms with Crippen molar-refractivity contribution < 1.29 is 43.2 Å². The number of rotatable bonds is 10. The zero-order valence-electron chi connectivity index (χ0n) is 21.2. The highest BCUT2D eigenvalue weighted by atomic mass is 32.3. The molecule has 0 aromatic carbocycles. The Morgan fingerprint density at radius 3 is 0.788 bits per heavy atom. The first kappa shape index (κ1) is 32.4. The molecule has 0 amide bonds. The van der Waals surface area contributed by atoms with Gasteiger partial charge in [0, 0.05) is 0 Å². The molecule has 0 aliphatic rings. The highest BCUT2D eigenvalue weighted by Gasteiger charge is 2.71. The van der Waals surface area contributed by atoms with Crippen molar-refractivity contribution in [2.45, 2.75) is 116 Å². The molecule has 0 radical (unpaired) electrons. The average molecular weight is 534 g/mol. The third-order valence-corrected chi connectivity index (χ3v) is 12.6. The van der Waals surface area contributed by atoms with E-state index in [1.54, 1.807) is 0 Å². The fourth-order valence-corrected chi connectivity index (χ4v) is 6.95. The summed E-state index contributed by atoms with van der Waals surface area (Å²) in [5.41, 5.74) is -10.5. The van der Waals surface area contributed by atoms with Crippen LogP contribution in [0.2, 0.25) is 0 Å². The molecule has 0 heterocycles. The summed E-state index contributed by atoms with van der Waals surface area (Å²) in [5.74, 6) is -8.76. The van der Waals surface area contributed by atoms with E-state index in [1.807, 2.05) is 0 Å². The van der Waals surface area contributed by atoms with Gasteiger partial charge in [0.15, 0.2) is 0 Å². The average Bonchev–Trinajstić information content (AvgIpc) is 2.50. The monoisotopic (exact) mass is 533 g/mol. The lowest BCUT2D eigenvalue weighted by Gasteiger charge is -2.49. The molecule has 5 nitrogen and oxygen atoms in total. The fraction of sp³-hybridized carbons (Fsp3) is 1.00. The highest BCUT2D eigenvalue weighted by molar-refractivity contribution is 8.06. The predicted molar refractivity (Wildman–Crippen MR) is 117 cm³/mol. The van der Waals surface area contributed by atoms with Gasteiger partial charge >= 0.3 is 0 Å². The van der Waals surface area contributed by atoms with E-state index >= 15 is 17.6 Å². The molecule has 0 saturated carbocycles. The summed E-state index contributed by atoms with van der Waals surface area (Å²) in [6.45, 7) is 8.16. The number of alkyl halides is 6. The summed E-state index contributed by atoms with van der Waals surface area (Å²) < 4.78 is 137. The molecule has 13 heteroatoms. The van der Waals surface area contributed by atoms with E-state index < -0.39 is 63.6 Å². The van der Waals surface area contributed by atoms with Gasteiger partial charge in [-0.2, -0.15) is 0 Å². The van der Waals surface area contributed by atoms with Gasteiger partial charge in [-0.15, -0.1) is 4.13 Å². The second-order valence-electron chi connectivity index (χ2n) is 11.5. The summed E-state index contributed by atoms with van der Waals surface area (Å²) in [6, 6.07) is 0. The van der Waals surface area contributed by atoms with Gasteiger partial charge in [-0.1, -0.05) is 27.7 Å². The van der Waals surface area contributed by atoms with Gasteiger partial charge in [0.05, 0.1) is 10.8 Å². The van der Waals surface area contributed by atoms with Gasteiger partial charge < -0.3 is 0 Å². The minimum Gasteiger partial charge on any atom is -0.244 e. The lowest BCUT2D eigenvalue weighted by molar-refractivity contribution is -0.182. The second-order valence-corrected chi connectivity index (χ2v) is 16.2. The van der Waals surface area contributed by atoms with Crippen LogP contribution >= 0.6 is 0 Å². The van der Waals surface area contributed by atoms with Crippen LogP contribution in [0.3, 0.4) is 0 Å². The number of hydrogen-bond donors (Lipinski definition) is 1. The van der Waals surface area contributed by atoms with Gasteiger partial charge in [0.25, 0.3) is 11.8 Å². The van der Waals surface area contributed by atoms with Crippen LogP contribution in [0.4, 0.5) is 26.3 Å². The summed E-state index contributed by atoms with van der Waals surface area (Å²) in [5, 5.41) is 0. The fourth-order valence-electron chi connectivity index (χ4n) is 2.94. The minimum absolute atomic E-state index is 0.470. The molecule has 0 fully saturated rings. The Morgan fingerprint density at radius 2 is 0.636 bits per heavy atom. The van der Waals surface area contributed by atoms with Crippen LogP contribution in [0.15, 0.2) is 0 Å². The first-order chi connectivity index (χ1) is 13.7. The molecule has 1 N–H and O–H groups in total. The van der Waals surface area contributed by atoms with Gasteiger partial charge in [0.1, 0.15) is 20.8 Å². The molecule has 0 atom stereocenters. The van der Waals surface area contributed by atoms with Gasteiger partial charge in [-0.25, -0.2) is 43.2 Å². The second kappa shape index (κ2) is 7.97. The normalized spacial score (nSPS) is 16.8. The van der Waals surface area contributed by atoms with Crippen LogP contribution in [0.25, 0.3) is 0 Å². The van der Waals surface area contributed by atoms with E-state index in [1.165, 1.54) is 0 Å². The van der Waals surface area contributed by atoms with Crippen molar-refractivity contribution in [1.29, 1.82) is 0 Å². The highest BCUT2D eigenvalue weighted by Crippen LogP contribution is 2.56. The van der Waals surface area contributed by atoms with E-state index in [2.05, 4.69) is 0 Å². The third kappa shape index (κ3) is 4.54.